The van der Waals surface area contributed by atoms with E-state index < -0.39 is 17.7 Å². The van der Waals surface area contributed by atoms with Gasteiger partial charge in [-0.15, -0.1) is 0 Å². The molecule has 1 aromatic heterocycles. The largest absolute Gasteiger partial charge is 0.478 e. The summed E-state index contributed by atoms with van der Waals surface area (Å²) in [6.07, 6.45) is 1.91. The summed E-state index contributed by atoms with van der Waals surface area (Å²) in [7, 11) is 1.54. The van der Waals surface area contributed by atoms with Crippen molar-refractivity contribution in [2.75, 3.05) is 18.7 Å². The van der Waals surface area contributed by atoms with Crippen LogP contribution in [0.3, 0.4) is 0 Å². The fraction of sp³-hybridized carbons (Fsp3) is 0.125. The van der Waals surface area contributed by atoms with Crippen LogP contribution in [0.15, 0.2) is 75.8 Å². The molecular formula is C24H19FN2O5. The van der Waals surface area contributed by atoms with Gasteiger partial charge >= 0.3 is 5.97 Å². The van der Waals surface area contributed by atoms with E-state index in [2.05, 4.69) is 5.10 Å². The molecule has 1 aliphatic heterocycles. The van der Waals surface area contributed by atoms with Crippen LogP contribution in [0.1, 0.15) is 22.5 Å². The zero-order valence-electron chi connectivity index (χ0n) is 17.1. The van der Waals surface area contributed by atoms with Crippen molar-refractivity contribution in [3.05, 3.63) is 83.4 Å². The predicted octanol–water partition coefficient (Wildman–Crippen LogP) is 4.61. The maximum absolute atomic E-state index is 14.1. The molecular weight excluding hydrogens is 415 g/mol. The maximum Gasteiger partial charge on any atom is 0.335 e. The van der Waals surface area contributed by atoms with Gasteiger partial charge in [-0.3, -0.25) is 4.79 Å². The van der Waals surface area contributed by atoms with E-state index in [0.717, 1.165) is 5.01 Å². The molecule has 1 aliphatic rings. The lowest BCUT2D eigenvalue weighted by Crippen LogP contribution is -2.21. The number of carbonyl (C=O) groups is 2. The van der Waals surface area contributed by atoms with Gasteiger partial charge in [0, 0.05) is 13.5 Å². The summed E-state index contributed by atoms with van der Waals surface area (Å²) in [6.45, 7) is 0.338. The Morgan fingerprint density at radius 2 is 2.00 bits per heavy atom. The smallest absolute Gasteiger partial charge is 0.335 e. The standard InChI is InChI=1S/C24H19FN2O5/c1-31-12-11-21-19(14-17-9-10-22(32-17)18-7-2-3-8-20(18)25)23(28)27(26-21)16-6-4-5-15(13-16)24(29)30/h2-10,13-14H,11-12H2,1H3,(H,29,30)/b19-14-. The Kier molecular flexibility index (Phi) is 5.96. The van der Waals surface area contributed by atoms with E-state index in [1.807, 2.05) is 0 Å². The summed E-state index contributed by atoms with van der Waals surface area (Å²) < 4.78 is 24.9. The SMILES string of the molecule is COCCC1=NN(c2cccc(C(=O)O)c2)C(=O)/C1=C\c1ccc(-c2ccccc2F)o1. The van der Waals surface area contributed by atoms with Crippen LogP contribution in [0.4, 0.5) is 10.1 Å². The number of hydrogen-bond acceptors (Lipinski definition) is 5. The molecule has 0 bridgehead atoms. The molecule has 3 aromatic rings. The van der Waals surface area contributed by atoms with E-state index in [1.165, 1.54) is 18.2 Å². The molecule has 1 amide bonds. The molecule has 1 N–H and O–H groups in total. The third-order valence-corrected chi connectivity index (χ3v) is 4.89. The van der Waals surface area contributed by atoms with Crippen LogP contribution < -0.4 is 5.01 Å². The number of hydrogen-bond donors (Lipinski definition) is 1. The topological polar surface area (TPSA) is 92.3 Å². The van der Waals surface area contributed by atoms with E-state index in [9.17, 15) is 19.1 Å². The second-order valence-corrected chi connectivity index (χ2v) is 7.00. The molecule has 2 heterocycles. The third-order valence-electron chi connectivity index (χ3n) is 4.89. The van der Waals surface area contributed by atoms with Gasteiger partial charge in [0.25, 0.3) is 5.91 Å². The number of methoxy groups -OCH3 is 1. The average molecular weight is 434 g/mol. The van der Waals surface area contributed by atoms with Crippen LogP contribution >= 0.6 is 0 Å². The van der Waals surface area contributed by atoms with Gasteiger partial charge in [-0.1, -0.05) is 18.2 Å². The van der Waals surface area contributed by atoms with E-state index >= 15 is 0 Å². The minimum atomic E-state index is -1.10. The fourth-order valence-corrected chi connectivity index (χ4v) is 3.31. The quantitative estimate of drug-likeness (QED) is 0.549. The molecule has 0 saturated heterocycles. The second kappa shape index (κ2) is 8.99. The zero-order chi connectivity index (χ0) is 22.7. The zero-order valence-corrected chi connectivity index (χ0v) is 17.1. The molecule has 4 rings (SSSR count). The number of halogens is 1. The second-order valence-electron chi connectivity index (χ2n) is 7.00. The number of ether oxygens (including phenoxy) is 1. The highest BCUT2D eigenvalue weighted by Gasteiger charge is 2.31. The first-order valence-electron chi connectivity index (χ1n) is 9.79. The lowest BCUT2D eigenvalue weighted by molar-refractivity contribution is -0.114. The molecule has 0 saturated carbocycles. The van der Waals surface area contributed by atoms with Crippen molar-refractivity contribution in [3.8, 4) is 11.3 Å². The van der Waals surface area contributed by atoms with Crippen molar-refractivity contribution in [3.63, 3.8) is 0 Å². The number of amides is 1. The third kappa shape index (κ3) is 4.21. The van der Waals surface area contributed by atoms with Gasteiger partial charge < -0.3 is 14.3 Å². The Bertz CT molecular complexity index is 1240. The normalized spacial score (nSPS) is 14.8. The Morgan fingerprint density at radius 3 is 2.75 bits per heavy atom. The lowest BCUT2D eigenvalue weighted by atomic mass is 10.1. The molecule has 0 atom stereocenters. The molecule has 0 aliphatic carbocycles. The number of aromatic carboxylic acids is 1. The van der Waals surface area contributed by atoms with E-state index in [1.54, 1.807) is 55.7 Å². The summed E-state index contributed by atoms with van der Waals surface area (Å²) in [5.74, 6) is -1.25. The Balaban J connectivity index is 1.69. The first-order valence-corrected chi connectivity index (χ1v) is 9.79. The van der Waals surface area contributed by atoms with Gasteiger partial charge in [-0.05, 0) is 48.5 Å². The summed E-state index contributed by atoms with van der Waals surface area (Å²) in [5.41, 5.74) is 1.45. The van der Waals surface area contributed by atoms with E-state index in [-0.39, 0.29) is 11.1 Å². The number of hydrazone groups is 1. The van der Waals surface area contributed by atoms with Crippen molar-refractivity contribution < 1.29 is 28.2 Å². The van der Waals surface area contributed by atoms with Crippen molar-refractivity contribution in [2.45, 2.75) is 6.42 Å². The van der Waals surface area contributed by atoms with Crippen LogP contribution in [0.5, 0.6) is 0 Å². The number of nitrogens with zero attached hydrogens (tertiary/aromatic N) is 2. The minimum Gasteiger partial charge on any atom is -0.478 e. The molecule has 0 spiro atoms. The molecule has 7 nitrogen and oxygen atoms in total. The summed E-state index contributed by atoms with van der Waals surface area (Å²) in [6, 6.07) is 15.5. The summed E-state index contributed by atoms with van der Waals surface area (Å²) >= 11 is 0. The number of furan rings is 1. The first-order chi connectivity index (χ1) is 15.5. The predicted molar refractivity (Wildman–Crippen MR) is 117 cm³/mol. The van der Waals surface area contributed by atoms with Gasteiger partial charge in [0.15, 0.2) is 0 Å². The van der Waals surface area contributed by atoms with E-state index in [0.29, 0.717) is 41.5 Å². The maximum atomic E-state index is 14.1. The van der Waals surface area contributed by atoms with Crippen molar-refractivity contribution in [1.29, 1.82) is 0 Å². The van der Waals surface area contributed by atoms with Gasteiger partial charge in [0.2, 0.25) is 0 Å². The number of carboxylic acid groups (broad SMARTS) is 1. The summed E-state index contributed by atoms with van der Waals surface area (Å²) in [4.78, 5) is 24.4. The van der Waals surface area contributed by atoms with Gasteiger partial charge in [-0.2, -0.15) is 10.1 Å². The number of anilines is 1. The number of benzene rings is 2. The number of carboxylic acids is 1. The fourth-order valence-electron chi connectivity index (χ4n) is 3.31. The molecule has 0 radical (unpaired) electrons. The minimum absolute atomic E-state index is 0.0435. The lowest BCUT2D eigenvalue weighted by Gasteiger charge is -2.12. The monoisotopic (exact) mass is 434 g/mol. The highest BCUT2D eigenvalue weighted by molar-refractivity contribution is 6.32. The van der Waals surface area contributed by atoms with Crippen molar-refractivity contribution in [1.82, 2.24) is 0 Å². The van der Waals surface area contributed by atoms with Gasteiger partial charge in [0.1, 0.15) is 17.3 Å². The summed E-state index contributed by atoms with van der Waals surface area (Å²) in [5, 5.41) is 14.8. The molecule has 0 fully saturated rings. The Morgan fingerprint density at radius 1 is 1.19 bits per heavy atom. The van der Waals surface area contributed by atoms with Gasteiger partial charge in [-0.25, -0.2) is 9.18 Å². The van der Waals surface area contributed by atoms with Gasteiger partial charge in [0.05, 0.1) is 34.7 Å². The Hall–Kier alpha value is -4.04. The molecule has 2 aromatic carbocycles. The highest BCUT2D eigenvalue weighted by Crippen LogP contribution is 2.29. The molecule has 0 unspecified atom stereocenters. The van der Waals surface area contributed by atoms with Crippen LogP contribution in [0, 0.1) is 5.82 Å². The van der Waals surface area contributed by atoms with Crippen LogP contribution in [0.2, 0.25) is 0 Å². The molecule has 8 heteroatoms. The van der Waals surface area contributed by atoms with Crippen LogP contribution in [-0.2, 0) is 9.53 Å². The highest BCUT2D eigenvalue weighted by atomic mass is 19.1. The van der Waals surface area contributed by atoms with Crippen LogP contribution in [-0.4, -0.2) is 36.4 Å². The number of rotatable bonds is 7. The van der Waals surface area contributed by atoms with E-state index in [4.69, 9.17) is 9.15 Å². The molecule has 162 valence electrons. The number of carbonyl (C=O) groups excluding carboxylic acids is 1. The first kappa shape index (κ1) is 21.2. The van der Waals surface area contributed by atoms with Crippen molar-refractivity contribution in [2.24, 2.45) is 5.10 Å². The Labute approximate surface area is 183 Å². The average Bonchev–Trinajstić information content (AvgIpc) is 3.38. The van der Waals surface area contributed by atoms with Crippen molar-refractivity contribution >= 4 is 29.4 Å². The molecule has 32 heavy (non-hydrogen) atoms. The van der Waals surface area contributed by atoms with Crippen LogP contribution in [0.25, 0.3) is 17.4 Å².